The van der Waals surface area contributed by atoms with E-state index in [1.54, 1.807) is 0 Å². The van der Waals surface area contributed by atoms with Crippen molar-refractivity contribution in [2.75, 3.05) is 38.5 Å². The summed E-state index contributed by atoms with van der Waals surface area (Å²) in [5.41, 5.74) is 0. The molecule has 1 aliphatic heterocycles. The van der Waals surface area contributed by atoms with Crippen LogP contribution < -0.4 is 5.32 Å². The minimum Gasteiger partial charge on any atom is -0.314 e. The zero-order valence-electron chi connectivity index (χ0n) is 10.4. The van der Waals surface area contributed by atoms with Gasteiger partial charge in [0.2, 0.25) is 0 Å². The van der Waals surface area contributed by atoms with Crippen LogP contribution in [0.25, 0.3) is 0 Å². The maximum Gasteiger partial charge on any atom is 0.264 e. The molecule has 1 saturated heterocycles. The van der Waals surface area contributed by atoms with Gasteiger partial charge in [-0.3, -0.25) is 4.55 Å². The first-order chi connectivity index (χ1) is 8.08. The van der Waals surface area contributed by atoms with E-state index in [0.29, 0.717) is 6.42 Å². The molecule has 0 unspecified atom stereocenters. The lowest BCUT2D eigenvalue weighted by Crippen LogP contribution is -2.43. The van der Waals surface area contributed by atoms with E-state index in [-0.39, 0.29) is 5.75 Å². The first-order valence-electron chi connectivity index (χ1n) is 6.46. The van der Waals surface area contributed by atoms with Crippen LogP contribution in [-0.4, -0.2) is 56.3 Å². The van der Waals surface area contributed by atoms with Gasteiger partial charge < -0.3 is 10.2 Å². The van der Waals surface area contributed by atoms with Gasteiger partial charge >= 0.3 is 0 Å². The topological polar surface area (TPSA) is 69.6 Å². The average Bonchev–Trinajstić information content (AvgIpc) is 2.28. The third-order valence-corrected chi connectivity index (χ3v) is 3.89. The van der Waals surface area contributed by atoms with Crippen LogP contribution in [0.1, 0.15) is 32.1 Å². The fourth-order valence-electron chi connectivity index (χ4n) is 2.08. The van der Waals surface area contributed by atoms with E-state index in [1.165, 1.54) is 6.42 Å². The average molecular weight is 264 g/mol. The van der Waals surface area contributed by atoms with Crippen molar-refractivity contribution in [1.29, 1.82) is 0 Å². The molecule has 1 heterocycles. The zero-order valence-corrected chi connectivity index (χ0v) is 11.2. The Bertz CT molecular complexity index is 287. The predicted molar refractivity (Wildman–Crippen MR) is 68.8 cm³/mol. The largest absolute Gasteiger partial charge is 0.314 e. The molecular formula is C11H24N2O3S. The number of rotatable bonds is 8. The van der Waals surface area contributed by atoms with Gasteiger partial charge in [-0.2, -0.15) is 8.42 Å². The molecule has 0 bridgehead atoms. The Hall–Kier alpha value is -0.170. The summed E-state index contributed by atoms with van der Waals surface area (Å²) < 4.78 is 29.5. The fourth-order valence-corrected chi connectivity index (χ4v) is 2.65. The predicted octanol–water partition coefficient (Wildman–Crippen LogP) is 0.730. The van der Waals surface area contributed by atoms with Gasteiger partial charge in [-0.25, -0.2) is 0 Å². The Morgan fingerprint density at radius 1 is 1.00 bits per heavy atom. The highest BCUT2D eigenvalue weighted by Crippen LogP contribution is 2.06. The van der Waals surface area contributed by atoms with Crippen molar-refractivity contribution in [2.24, 2.45) is 0 Å². The van der Waals surface area contributed by atoms with Gasteiger partial charge in [0, 0.05) is 26.2 Å². The van der Waals surface area contributed by atoms with E-state index in [9.17, 15) is 8.42 Å². The monoisotopic (exact) mass is 264 g/mol. The van der Waals surface area contributed by atoms with Gasteiger partial charge in [0.25, 0.3) is 10.1 Å². The number of piperazine rings is 1. The molecule has 17 heavy (non-hydrogen) atoms. The van der Waals surface area contributed by atoms with Crippen LogP contribution in [0, 0.1) is 0 Å². The highest BCUT2D eigenvalue weighted by Gasteiger charge is 2.08. The molecule has 0 radical (unpaired) electrons. The molecule has 0 aromatic carbocycles. The van der Waals surface area contributed by atoms with E-state index >= 15 is 0 Å². The number of nitrogens with zero attached hydrogens (tertiary/aromatic N) is 1. The second-order valence-electron chi connectivity index (χ2n) is 4.65. The van der Waals surface area contributed by atoms with Crippen LogP contribution in [0.4, 0.5) is 0 Å². The summed E-state index contributed by atoms with van der Waals surface area (Å²) in [6.07, 6.45) is 4.86. The van der Waals surface area contributed by atoms with Crippen LogP contribution in [0.2, 0.25) is 0 Å². The lowest BCUT2D eigenvalue weighted by Gasteiger charge is -2.26. The van der Waals surface area contributed by atoms with Crippen molar-refractivity contribution in [2.45, 2.75) is 32.1 Å². The highest BCUT2D eigenvalue weighted by molar-refractivity contribution is 7.85. The molecule has 0 spiro atoms. The SMILES string of the molecule is O=S(=O)(O)CCCCCCCN1CCNCC1. The van der Waals surface area contributed by atoms with Crippen molar-refractivity contribution in [1.82, 2.24) is 10.2 Å². The van der Waals surface area contributed by atoms with Crippen molar-refractivity contribution in [3.05, 3.63) is 0 Å². The molecule has 0 atom stereocenters. The molecule has 0 aromatic heterocycles. The Morgan fingerprint density at radius 2 is 1.59 bits per heavy atom. The molecule has 102 valence electrons. The van der Waals surface area contributed by atoms with Gasteiger partial charge in [-0.05, 0) is 19.4 Å². The molecule has 0 saturated carbocycles. The summed E-state index contributed by atoms with van der Waals surface area (Å²) in [4.78, 5) is 2.47. The van der Waals surface area contributed by atoms with E-state index in [0.717, 1.165) is 52.0 Å². The number of hydrogen-bond donors (Lipinski definition) is 2. The fraction of sp³-hybridized carbons (Fsp3) is 1.00. The third kappa shape index (κ3) is 8.54. The van der Waals surface area contributed by atoms with Gasteiger partial charge in [-0.15, -0.1) is 0 Å². The molecule has 5 nitrogen and oxygen atoms in total. The van der Waals surface area contributed by atoms with Gasteiger partial charge in [0.05, 0.1) is 5.75 Å². The second kappa shape index (κ2) is 8.02. The summed E-state index contributed by atoms with van der Waals surface area (Å²) in [6.45, 7) is 5.62. The zero-order chi connectivity index (χ0) is 12.6. The quantitative estimate of drug-likeness (QED) is 0.499. The smallest absolute Gasteiger partial charge is 0.264 e. The third-order valence-electron chi connectivity index (χ3n) is 3.09. The second-order valence-corrected chi connectivity index (χ2v) is 6.22. The number of hydrogen-bond acceptors (Lipinski definition) is 4. The van der Waals surface area contributed by atoms with Crippen LogP contribution in [-0.2, 0) is 10.1 Å². The van der Waals surface area contributed by atoms with Crippen LogP contribution in [0.3, 0.4) is 0 Å². The van der Waals surface area contributed by atoms with E-state index in [2.05, 4.69) is 10.2 Å². The molecule has 1 rings (SSSR count). The van der Waals surface area contributed by atoms with Crippen molar-refractivity contribution < 1.29 is 13.0 Å². The first-order valence-corrected chi connectivity index (χ1v) is 8.07. The Morgan fingerprint density at radius 3 is 2.24 bits per heavy atom. The van der Waals surface area contributed by atoms with E-state index in [1.807, 2.05) is 0 Å². The highest BCUT2D eigenvalue weighted by atomic mass is 32.2. The number of unbranched alkanes of at least 4 members (excludes halogenated alkanes) is 4. The molecule has 6 heteroatoms. The van der Waals surface area contributed by atoms with Crippen LogP contribution >= 0.6 is 0 Å². The molecule has 1 fully saturated rings. The van der Waals surface area contributed by atoms with Crippen LogP contribution in [0.15, 0.2) is 0 Å². The van der Waals surface area contributed by atoms with Gasteiger partial charge in [-0.1, -0.05) is 19.3 Å². The summed E-state index contributed by atoms with van der Waals surface area (Å²) in [6, 6.07) is 0. The Kier molecular flexibility index (Phi) is 7.03. The molecule has 0 amide bonds. The number of nitrogens with one attached hydrogen (secondary N) is 1. The van der Waals surface area contributed by atoms with E-state index < -0.39 is 10.1 Å². The Balaban J connectivity index is 1.87. The van der Waals surface area contributed by atoms with Crippen LogP contribution in [0.5, 0.6) is 0 Å². The molecular weight excluding hydrogens is 240 g/mol. The lowest BCUT2D eigenvalue weighted by molar-refractivity contribution is 0.236. The van der Waals surface area contributed by atoms with Gasteiger partial charge in [0.1, 0.15) is 0 Å². The summed E-state index contributed by atoms with van der Waals surface area (Å²) in [7, 11) is -3.75. The van der Waals surface area contributed by atoms with Crippen molar-refractivity contribution >= 4 is 10.1 Å². The van der Waals surface area contributed by atoms with E-state index in [4.69, 9.17) is 4.55 Å². The molecule has 0 aliphatic carbocycles. The van der Waals surface area contributed by atoms with Gasteiger partial charge in [0.15, 0.2) is 0 Å². The normalized spacial score (nSPS) is 18.4. The molecule has 1 aliphatic rings. The molecule has 0 aromatic rings. The summed E-state index contributed by atoms with van der Waals surface area (Å²) in [5.74, 6) is -0.0925. The first kappa shape index (κ1) is 14.9. The minimum atomic E-state index is -3.75. The van der Waals surface area contributed by atoms with Crippen molar-refractivity contribution in [3.8, 4) is 0 Å². The minimum absolute atomic E-state index is 0.0925. The standard InChI is InChI=1S/C11H24N2O3S/c14-17(15,16)11-5-3-1-2-4-8-13-9-6-12-7-10-13/h12H,1-11H2,(H,14,15,16). The maximum atomic E-state index is 10.5. The lowest BCUT2D eigenvalue weighted by atomic mass is 10.1. The Labute approximate surface area is 104 Å². The van der Waals surface area contributed by atoms with Crippen molar-refractivity contribution in [3.63, 3.8) is 0 Å². The maximum absolute atomic E-state index is 10.5. The molecule has 2 N–H and O–H groups in total. The summed E-state index contributed by atoms with van der Waals surface area (Å²) in [5, 5.41) is 3.32. The summed E-state index contributed by atoms with van der Waals surface area (Å²) >= 11 is 0.